The molecule has 0 saturated heterocycles. The molecular formula is C22H21N5O6. The van der Waals surface area contributed by atoms with E-state index < -0.39 is 16.5 Å². The first-order valence-electron chi connectivity index (χ1n) is 9.73. The van der Waals surface area contributed by atoms with E-state index in [0.29, 0.717) is 5.69 Å². The molecule has 0 radical (unpaired) electrons. The summed E-state index contributed by atoms with van der Waals surface area (Å²) in [6.45, 7) is 3.66. The summed E-state index contributed by atoms with van der Waals surface area (Å²) < 4.78 is 11.0. The SMILES string of the molecule is COc1cc(/C=N/NC(=O)c2cc(C)[nH]c(=O)n2)cc([N+](=O)[O-])c1OCc1cccc(C)c1. The number of carbonyl (C=O) groups excluding carboxylic acids is 1. The molecule has 33 heavy (non-hydrogen) atoms. The van der Waals surface area contributed by atoms with Crippen LogP contribution >= 0.6 is 0 Å². The molecule has 0 aliphatic heterocycles. The summed E-state index contributed by atoms with van der Waals surface area (Å²) in [5.74, 6) is -0.593. The van der Waals surface area contributed by atoms with Crippen LogP contribution in [0.15, 0.2) is 52.4 Å². The maximum atomic E-state index is 12.1. The van der Waals surface area contributed by atoms with E-state index in [-0.39, 0.29) is 35.1 Å². The Balaban J connectivity index is 1.81. The third kappa shape index (κ3) is 6.00. The summed E-state index contributed by atoms with van der Waals surface area (Å²) >= 11 is 0. The number of hydrazone groups is 1. The fourth-order valence-corrected chi connectivity index (χ4v) is 2.99. The van der Waals surface area contributed by atoms with Crippen LogP contribution < -0.4 is 20.6 Å². The molecule has 0 atom stereocenters. The molecule has 1 aromatic heterocycles. The molecule has 170 valence electrons. The molecule has 11 nitrogen and oxygen atoms in total. The third-order valence-electron chi connectivity index (χ3n) is 4.43. The van der Waals surface area contributed by atoms with Gasteiger partial charge in [0.1, 0.15) is 12.3 Å². The van der Waals surface area contributed by atoms with E-state index in [1.54, 1.807) is 6.92 Å². The second kappa shape index (κ2) is 10.2. The Hall–Kier alpha value is -4.54. The standard InChI is InChI=1S/C22H21N5O6/c1-13-5-4-6-15(7-13)12-33-20-18(27(30)31)9-16(10-19(20)32-3)11-23-26-21(28)17-8-14(2)24-22(29)25-17/h4-11H,12H2,1-3H3,(H,26,28)(H,24,25,29)/b23-11+. The molecule has 0 saturated carbocycles. The number of rotatable bonds is 8. The summed E-state index contributed by atoms with van der Waals surface area (Å²) in [5, 5.41) is 15.4. The number of hydrogen-bond acceptors (Lipinski definition) is 8. The lowest BCUT2D eigenvalue weighted by Crippen LogP contribution is -2.24. The van der Waals surface area contributed by atoms with Gasteiger partial charge in [-0.05, 0) is 31.5 Å². The number of nitro groups is 1. The zero-order valence-corrected chi connectivity index (χ0v) is 18.1. The van der Waals surface area contributed by atoms with Crippen molar-refractivity contribution in [1.29, 1.82) is 0 Å². The zero-order valence-electron chi connectivity index (χ0n) is 18.1. The number of carbonyl (C=O) groups is 1. The quantitative estimate of drug-likeness (QED) is 0.304. The van der Waals surface area contributed by atoms with Crippen LogP contribution in [0.25, 0.3) is 0 Å². The first-order valence-corrected chi connectivity index (χ1v) is 9.73. The summed E-state index contributed by atoms with van der Waals surface area (Å²) in [6.07, 6.45) is 1.21. The van der Waals surface area contributed by atoms with Crippen molar-refractivity contribution >= 4 is 17.8 Å². The molecule has 3 rings (SSSR count). The molecule has 0 spiro atoms. The minimum Gasteiger partial charge on any atom is -0.493 e. The maximum Gasteiger partial charge on any atom is 0.345 e. The number of aryl methyl sites for hydroxylation is 2. The van der Waals surface area contributed by atoms with Crippen molar-refractivity contribution in [2.45, 2.75) is 20.5 Å². The second-order valence-corrected chi connectivity index (χ2v) is 7.06. The summed E-state index contributed by atoms with van der Waals surface area (Å²) in [6, 6.07) is 11.7. The van der Waals surface area contributed by atoms with Gasteiger partial charge in [0.2, 0.25) is 5.75 Å². The smallest absolute Gasteiger partial charge is 0.345 e. The molecule has 11 heteroatoms. The zero-order chi connectivity index (χ0) is 24.0. The van der Waals surface area contributed by atoms with Crippen LogP contribution in [-0.4, -0.2) is 34.1 Å². The highest BCUT2D eigenvalue weighted by Gasteiger charge is 2.22. The van der Waals surface area contributed by atoms with Gasteiger partial charge in [-0.15, -0.1) is 0 Å². The first-order chi connectivity index (χ1) is 15.8. The Labute approximate surface area is 188 Å². The van der Waals surface area contributed by atoms with Gasteiger partial charge in [0.15, 0.2) is 5.75 Å². The van der Waals surface area contributed by atoms with Crippen LogP contribution in [0, 0.1) is 24.0 Å². The monoisotopic (exact) mass is 451 g/mol. The van der Waals surface area contributed by atoms with Crippen molar-refractivity contribution in [2.75, 3.05) is 7.11 Å². The van der Waals surface area contributed by atoms with E-state index in [0.717, 1.165) is 11.1 Å². The number of hydrogen-bond donors (Lipinski definition) is 2. The Morgan fingerprint density at radius 1 is 1.27 bits per heavy atom. The van der Waals surface area contributed by atoms with E-state index >= 15 is 0 Å². The van der Waals surface area contributed by atoms with Gasteiger partial charge >= 0.3 is 11.4 Å². The number of nitrogens with zero attached hydrogens (tertiary/aromatic N) is 3. The molecule has 0 aliphatic rings. The topological polar surface area (TPSA) is 149 Å². The molecular weight excluding hydrogens is 430 g/mol. The van der Waals surface area contributed by atoms with Crippen LogP contribution in [0.3, 0.4) is 0 Å². The minimum atomic E-state index is -0.708. The Kier molecular flexibility index (Phi) is 7.13. The highest BCUT2D eigenvalue weighted by molar-refractivity contribution is 5.93. The fraction of sp³-hybridized carbons (Fsp3) is 0.182. The van der Waals surface area contributed by atoms with Crippen molar-refractivity contribution in [3.8, 4) is 11.5 Å². The molecule has 1 amide bonds. The number of nitro benzene ring substituents is 1. The van der Waals surface area contributed by atoms with Crippen molar-refractivity contribution in [3.05, 3.63) is 91.1 Å². The number of ether oxygens (including phenoxy) is 2. The van der Waals surface area contributed by atoms with Crippen LogP contribution in [0.5, 0.6) is 11.5 Å². The summed E-state index contributed by atoms with van der Waals surface area (Å²) in [5.41, 5.74) is 3.78. The second-order valence-electron chi connectivity index (χ2n) is 7.06. The Bertz CT molecular complexity index is 1280. The number of aromatic amines is 1. The molecule has 0 bridgehead atoms. The average Bonchev–Trinajstić information content (AvgIpc) is 2.76. The van der Waals surface area contributed by atoms with E-state index in [1.807, 2.05) is 31.2 Å². The van der Waals surface area contributed by atoms with Gasteiger partial charge in [-0.3, -0.25) is 14.9 Å². The van der Waals surface area contributed by atoms with Crippen molar-refractivity contribution in [1.82, 2.24) is 15.4 Å². The summed E-state index contributed by atoms with van der Waals surface area (Å²) in [7, 11) is 1.36. The molecule has 2 N–H and O–H groups in total. The maximum absolute atomic E-state index is 12.1. The predicted molar refractivity (Wildman–Crippen MR) is 120 cm³/mol. The number of H-pyrrole nitrogens is 1. The van der Waals surface area contributed by atoms with Gasteiger partial charge in [-0.2, -0.15) is 10.1 Å². The van der Waals surface area contributed by atoms with Crippen LogP contribution in [0.4, 0.5) is 5.69 Å². The molecule has 0 unspecified atom stereocenters. The largest absolute Gasteiger partial charge is 0.493 e. The van der Waals surface area contributed by atoms with Crippen LogP contribution in [-0.2, 0) is 6.61 Å². The number of methoxy groups -OCH3 is 1. The van der Waals surface area contributed by atoms with Gasteiger partial charge < -0.3 is 14.5 Å². The lowest BCUT2D eigenvalue weighted by atomic mass is 10.1. The van der Waals surface area contributed by atoms with Crippen molar-refractivity contribution in [3.63, 3.8) is 0 Å². The average molecular weight is 451 g/mol. The van der Waals surface area contributed by atoms with Crippen LogP contribution in [0.1, 0.15) is 32.9 Å². The third-order valence-corrected chi connectivity index (χ3v) is 4.43. The molecule has 0 aliphatic carbocycles. The number of nitrogens with one attached hydrogen (secondary N) is 2. The molecule has 3 aromatic rings. The molecule has 0 fully saturated rings. The number of aromatic nitrogens is 2. The van der Waals surface area contributed by atoms with Gasteiger partial charge in [0.05, 0.1) is 18.2 Å². The van der Waals surface area contributed by atoms with Crippen molar-refractivity contribution in [2.24, 2.45) is 5.10 Å². The normalized spacial score (nSPS) is 10.8. The highest BCUT2D eigenvalue weighted by atomic mass is 16.6. The molecule has 2 aromatic carbocycles. The van der Waals surface area contributed by atoms with Gasteiger partial charge in [-0.1, -0.05) is 29.8 Å². The molecule has 1 heterocycles. The van der Waals surface area contributed by atoms with E-state index in [9.17, 15) is 19.7 Å². The summed E-state index contributed by atoms with van der Waals surface area (Å²) in [4.78, 5) is 40.6. The first kappa shape index (κ1) is 23.1. The fourth-order valence-electron chi connectivity index (χ4n) is 2.99. The van der Waals surface area contributed by atoms with Gasteiger partial charge in [0, 0.05) is 17.3 Å². The Morgan fingerprint density at radius 2 is 2.06 bits per heavy atom. The van der Waals surface area contributed by atoms with Crippen molar-refractivity contribution < 1.29 is 19.2 Å². The van der Waals surface area contributed by atoms with Crippen LogP contribution in [0.2, 0.25) is 0 Å². The highest BCUT2D eigenvalue weighted by Crippen LogP contribution is 2.38. The van der Waals surface area contributed by atoms with E-state index in [4.69, 9.17) is 9.47 Å². The Morgan fingerprint density at radius 3 is 2.73 bits per heavy atom. The van der Waals surface area contributed by atoms with Gasteiger partial charge in [0.25, 0.3) is 5.91 Å². The lowest BCUT2D eigenvalue weighted by Gasteiger charge is -2.12. The van der Waals surface area contributed by atoms with E-state index in [2.05, 4.69) is 20.5 Å². The number of benzene rings is 2. The van der Waals surface area contributed by atoms with E-state index in [1.165, 1.54) is 31.5 Å². The number of amides is 1. The predicted octanol–water partition coefficient (Wildman–Crippen LogP) is 2.65. The minimum absolute atomic E-state index is 0.0200. The van der Waals surface area contributed by atoms with Gasteiger partial charge in [-0.25, -0.2) is 10.2 Å². The lowest BCUT2D eigenvalue weighted by molar-refractivity contribution is -0.386.